The smallest absolute Gasteiger partial charge is 0.244 e. The highest BCUT2D eigenvalue weighted by atomic mass is 19.3. The normalized spacial score (nSPS) is 49.9. The highest BCUT2D eigenvalue weighted by Crippen LogP contribution is 2.76. The first kappa shape index (κ1) is 7.47. The maximum Gasteiger partial charge on any atom is 0.244 e. The van der Waals surface area contributed by atoms with Crippen LogP contribution in [0.5, 0.6) is 0 Å². The zero-order chi connectivity index (χ0) is 8.28. The van der Waals surface area contributed by atoms with E-state index in [0.717, 1.165) is 0 Å². The van der Waals surface area contributed by atoms with Crippen molar-refractivity contribution in [3.63, 3.8) is 0 Å². The summed E-state index contributed by atoms with van der Waals surface area (Å²) in [6.45, 7) is 1.93. The summed E-state index contributed by atoms with van der Waals surface area (Å²) in [4.78, 5) is 0. The van der Waals surface area contributed by atoms with Crippen LogP contribution in [0, 0.1) is 10.8 Å². The molecule has 0 spiro atoms. The highest BCUT2D eigenvalue weighted by Gasteiger charge is 2.72. The van der Waals surface area contributed by atoms with Crippen molar-refractivity contribution < 1.29 is 8.78 Å². The van der Waals surface area contributed by atoms with Crippen molar-refractivity contribution in [1.82, 2.24) is 0 Å². The Morgan fingerprint density at radius 1 is 1.18 bits per heavy atom. The first-order chi connectivity index (χ1) is 5.01. The summed E-state index contributed by atoms with van der Waals surface area (Å²) < 4.78 is 24.6. The Bertz CT molecular complexity index is 151. The van der Waals surface area contributed by atoms with Gasteiger partial charge in [0.25, 0.3) is 0 Å². The van der Waals surface area contributed by atoms with E-state index in [2.05, 4.69) is 0 Å². The van der Waals surface area contributed by atoms with Crippen LogP contribution in [0.4, 0.5) is 8.78 Å². The van der Waals surface area contributed by atoms with Gasteiger partial charge in [0.2, 0.25) is 6.43 Å². The Balaban J connectivity index is 1.99. The second kappa shape index (κ2) is 1.76. The summed E-state index contributed by atoms with van der Waals surface area (Å²) in [6.07, 6.45) is -0.136. The molecule has 0 aromatic heterocycles. The van der Waals surface area contributed by atoms with E-state index in [0.29, 0.717) is 19.3 Å². The topological polar surface area (TPSA) is 26.0 Å². The van der Waals surface area contributed by atoms with Crippen LogP contribution < -0.4 is 5.73 Å². The van der Waals surface area contributed by atoms with E-state index in [1.807, 2.05) is 6.92 Å². The van der Waals surface area contributed by atoms with Gasteiger partial charge in [-0.2, -0.15) is 0 Å². The fourth-order valence-corrected chi connectivity index (χ4v) is 2.66. The lowest BCUT2D eigenvalue weighted by atomic mass is 9.33. The number of alkyl halides is 2. The van der Waals surface area contributed by atoms with Gasteiger partial charge in [0, 0.05) is 11.5 Å². The van der Waals surface area contributed by atoms with Gasteiger partial charge >= 0.3 is 0 Å². The number of rotatable bonds is 2. The van der Waals surface area contributed by atoms with Crippen molar-refractivity contribution in [1.29, 1.82) is 0 Å². The predicted molar refractivity (Wildman–Crippen MR) is 38.4 cm³/mol. The van der Waals surface area contributed by atoms with Gasteiger partial charge < -0.3 is 5.73 Å². The first-order valence-electron chi connectivity index (χ1n) is 4.05. The lowest BCUT2D eigenvalue weighted by Gasteiger charge is -2.72. The van der Waals surface area contributed by atoms with Crippen molar-refractivity contribution in [3.8, 4) is 0 Å². The van der Waals surface area contributed by atoms with Gasteiger partial charge in [-0.3, -0.25) is 0 Å². The molecule has 0 radical (unpaired) electrons. The molecule has 0 heterocycles. The number of nitrogens with two attached hydrogens (primary N) is 1. The van der Waals surface area contributed by atoms with Gasteiger partial charge in [-0.1, -0.05) is 0 Å². The largest absolute Gasteiger partial charge is 0.327 e. The molecule has 1 atom stereocenters. The van der Waals surface area contributed by atoms with Crippen molar-refractivity contribution in [2.45, 2.75) is 38.7 Å². The van der Waals surface area contributed by atoms with Gasteiger partial charge in [0.05, 0.1) is 0 Å². The summed E-state index contributed by atoms with van der Waals surface area (Å²) in [6, 6.07) is 0.100. The van der Waals surface area contributed by atoms with Crippen molar-refractivity contribution in [2.24, 2.45) is 16.6 Å². The number of halogens is 2. The SMILES string of the molecule is CC(N)C12CC(C(F)F)(C1)C2. The third-order valence-corrected chi connectivity index (χ3v) is 3.54. The van der Waals surface area contributed by atoms with Crippen molar-refractivity contribution in [2.75, 3.05) is 0 Å². The molecule has 0 saturated heterocycles. The van der Waals surface area contributed by atoms with Gasteiger partial charge in [-0.15, -0.1) is 0 Å². The quantitative estimate of drug-likeness (QED) is 0.656. The molecule has 0 aliphatic heterocycles. The molecule has 0 aromatic carbocycles. The van der Waals surface area contributed by atoms with E-state index in [4.69, 9.17) is 5.73 Å². The molecule has 2 bridgehead atoms. The molecule has 0 amide bonds. The average molecular weight is 161 g/mol. The Kier molecular flexibility index (Phi) is 1.20. The molecule has 64 valence electrons. The molecule has 2 N–H and O–H groups in total. The van der Waals surface area contributed by atoms with E-state index >= 15 is 0 Å². The molecule has 3 rings (SSSR count). The molecule has 0 aromatic rings. The summed E-state index contributed by atoms with van der Waals surface area (Å²) >= 11 is 0. The van der Waals surface area contributed by atoms with Gasteiger partial charge in [-0.25, -0.2) is 8.78 Å². The number of hydrogen-bond donors (Lipinski definition) is 1. The van der Waals surface area contributed by atoms with E-state index in [-0.39, 0.29) is 11.5 Å². The minimum Gasteiger partial charge on any atom is -0.327 e. The third-order valence-electron chi connectivity index (χ3n) is 3.54. The van der Waals surface area contributed by atoms with Crippen LogP contribution in [-0.4, -0.2) is 12.5 Å². The number of hydrogen-bond acceptors (Lipinski definition) is 1. The molecule has 3 aliphatic rings. The first-order valence-corrected chi connectivity index (χ1v) is 4.05. The van der Waals surface area contributed by atoms with E-state index in [1.165, 1.54) is 0 Å². The van der Waals surface area contributed by atoms with Gasteiger partial charge in [0.1, 0.15) is 0 Å². The molecule has 3 heteroatoms. The third kappa shape index (κ3) is 0.675. The molecule has 1 nitrogen and oxygen atoms in total. The molecular weight excluding hydrogens is 148 g/mol. The van der Waals surface area contributed by atoms with Crippen LogP contribution in [0.3, 0.4) is 0 Å². The second-order valence-electron chi connectivity index (χ2n) is 4.34. The monoisotopic (exact) mass is 161 g/mol. The Morgan fingerprint density at radius 3 is 1.91 bits per heavy atom. The maximum atomic E-state index is 12.3. The lowest BCUT2D eigenvalue weighted by molar-refractivity contribution is -0.273. The lowest BCUT2D eigenvalue weighted by Crippen LogP contribution is -2.70. The van der Waals surface area contributed by atoms with Crippen molar-refractivity contribution >= 4 is 0 Å². The van der Waals surface area contributed by atoms with Crippen molar-refractivity contribution in [3.05, 3.63) is 0 Å². The van der Waals surface area contributed by atoms with Gasteiger partial charge in [-0.05, 0) is 31.6 Å². The Labute approximate surface area is 65.0 Å². The molecule has 3 aliphatic carbocycles. The molecule has 11 heavy (non-hydrogen) atoms. The maximum absolute atomic E-state index is 12.3. The Hall–Kier alpha value is -0.180. The second-order valence-corrected chi connectivity index (χ2v) is 4.34. The minimum absolute atomic E-state index is 0.100. The van der Waals surface area contributed by atoms with Crippen LogP contribution in [0.25, 0.3) is 0 Å². The molecule has 3 fully saturated rings. The fourth-order valence-electron chi connectivity index (χ4n) is 2.66. The van der Waals surface area contributed by atoms with E-state index < -0.39 is 11.8 Å². The highest BCUT2D eigenvalue weighted by molar-refractivity contribution is 5.20. The zero-order valence-electron chi connectivity index (χ0n) is 6.61. The summed E-state index contributed by atoms with van der Waals surface area (Å²) in [5.41, 5.74) is 5.19. The van der Waals surface area contributed by atoms with Crippen LogP contribution >= 0.6 is 0 Å². The average Bonchev–Trinajstić information content (AvgIpc) is 1.51. The van der Waals surface area contributed by atoms with Gasteiger partial charge in [0.15, 0.2) is 0 Å². The van der Waals surface area contributed by atoms with E-state index in [1.54, 1.807) is 0 Å². The minimum atomic E-state index is -2.12. The molecular formula is C8H13F2N. The van der Waals surface area contributed by atoms with Crippen LogP contribution in [0.1, 0.15) is 26.2 Å². The summed E-state index contributed by atoms with van der Waals surface area (Å²) in [5.74, 6) is 0. The van der Waals surface area contributed by atoms with Crippen LogP contribution in [0.2, 0.25) is 0 Å². The summed E-state index contributed by atoms with van der Waals surface area (Å²) in [5, 5.41) is 0. The van der Waals surface area contributed by atoms with E-state index in [9.17, 15) is 8.78 Å². The standard InChI is InChI=1S/C8H13F2N/c1-5(11)7-2-8(3-7,4-7)6(9)10/h5-6H,2-4,11H2,1H3. The van der Waals surface area contributed by atoms with Crippen LogP contribution in [-0.2, 0) is 0 Å². The zero-order valence-corrected chi connectivity index (χ0v) is 6.61. The van der Waals surface area contributed by atoms with Crippen LogP contribution in [0.15, 0.2) is 0 Å². The predicted octanol–water partition coefficient (Wildman–Crippen LogP) is 1.77. The molecule has 3 saturated carbocycles. The fraction of sp³-hybridized carbons (Fsp3) is 1.00. The molecule has 1 unspecified atom stereocenters. The summed E-state index contributed by atoms with van der Waals surface area (Å²) in [7, 11) is 0. The Morgan fingerprint density at radius 2 is 1.64 bits per heavy atom.